The van der Waals surface area contributed by atoms with Gasteiger partial charge in [0.25, 0.3) is 5.13 Å². The van der Waals surface area contributed by atoms with E-state index in [9.17, 15) is 13.2 Å². The van der Waals surface area contributed by atoms with E-state index >= 15 is 0 Å². The fraction of sp³-hybridized carbons (Fsp3) is 0.500. The Morgan fingerprint density at radius 1 is 1.50 bits per heavy atom. The van der Waals surface area contributed by atoms with Crippen molar-refractivity contribution in [2.45, 2.75) is 9.96 Å². The highest BCUT2D eigenvalue weighted by Gasteiger charge is 2.49. The number of hydrogen-bond acceptors (Lipinski definition) is 1. The molecule has 1 atom stereocenters. The van der Waals surface area contributed by atoms with Gasteiger partial charge < -0.3 is 4.74 Å². The molecule has 0 rings (SSSR count). The van der Waals surface area contributed by atoms with Gasteiger partial charge in [0.05, 0.1) is 13.7 Å². The van der Waals surface area contributed by atoms with Crippen molar-refractivity contribution in [1.82, 2.24) is 0 Å². The Bertz CT molecular complexity index is 167. The van der Waals surface area contributed by atoms with E-state index in [4.69, 9.17) is 11.6 Å². The van der Waals surface area contributed by atoms with Crippen LogP contribution in [0.2, 0.25) is 0 Å². The van der Waals surface area contributed by atoms with Gasteiger partial charge in [0.15, 0.2) is 0 Å². The van der Waals surface area contributed by atoms with Crippen molar-refractivity contribution < 1.29 is 17.9 Å². The van der Waals surface area contributed by atoms with E-state index in [0.717, 1.165) is 6.08 Å². The van der Waals surface area contributed by atoms with Crippen LogP contribution in [0.1, 0.15) is 0 Å². The Hall–Kier alpha value is 0.260. The van der Waals surface area contributed by atoms with Gasteiger partial charge in [-0.15, -0.1) is 0 Å². The summed E-state index contributed by atoms with van der Waals surface area (Å²) in [6, 6.07) is 0. The van der Waals surface area contributed by atoms with E-state index in [2.05, 4.69) is 11.8 Å². The molecule has 0 aliphatic carbocycles. The summed E-state index contributed by atoms with van der Waals surface area (Å²) in [5.74, 6) is 0. The molecule has 0 saturated carbocycles. The Morgan fingerprint density at radius 2 is 2.00 bits per heavy atom. The lowest BCUT2D eigenvalue weighted by Gasteiger charge is -2.18. The molecular formula is C6H6BrClF3O. The van der Waals surface area contributed by atoms with Gasteiger partial charge in [-0.2, -0.15) is 8.78 Å². The summed E-state index contributed by atoms with van der Waals surface area (Å²) in [7, 11) is 2.95. The molecular weight excluding hydrogens is 260 g/mol. The molecule has 6 heteroatoms. The second-order valence-corrected chi connectivity index (χ2v) is 3.44. The average molecular weight is 266 g/mol. The van der Waals surface area contributed by atoms with E-state index in [1.54, 1.807) is 15.9 Å². The number of allylic oxidation sites excluding steroid dienone is 1. The SMILES string of the molecule is [CH2]OCC=CC(F)(Cl)C(F)(F)Br. The van der Waals surface area contributed by atoms with E-state index in [1.165, 1.54) is 0 Å². The third-order valence-electron chi connectivity index (χ3n) is 0.919. The second-order valence-electron chi connectivity index (χ2n) is 1.89. The minimum Gasteiger partial charge on any atom is -0.375 e. The molecule has 0 aliphatic rings. The van der Waals surface area contributed by atoms with Crippen LogP contribution in [-0.4, -0.2) is 16.6 Å². The predicted octanol–water partition coefficient (Wildman–Crippen LogP) is 3.24. The van der Waals surface area contributed by atoms with Crippen LogP contribution in [0.15, 0.2) is 12.2 Å². The highest BCUT2D eigenvalue weighted by molar-refractivity contribution is 9.10. The van der Waals surface area contributed by atoms with Crippen LogP contribution in [0.4, 0.5) is 13.2 Å². The highest BCUT2D eigenvalue weighted by Crippen LogP contribution is 2.42. The van der Waals surface area contributed by atoms with Crippen LogP contribution in [0.5, 0.6) is 0 Å². The lowest BCUT2D eigenvalue weighted by Crippen LogP contribution is -2.31. The molecule has 0 spiro atoms. The average Bonchev–Trinajstić information content (AvgIpc) is 1.85. The van der Waals surface area contributed by atoms with E-state index in [1.807, 2.05) is 0 Å². The highest BCUT2D eigenvalue weighted by atomic mass is 79.9. The number of halogens is 5. The van der Waals surface area contributed by atoms with Crippen LogP contribution >= 0.6 is 27.5 Å². The summed E-state index contributed by atoms with van der Waals surface area (Å²) in [5, 5.41) is -3.24. The first-order chi connectivity index (χ1) is 5.31. The van der Waals surface area contributed by atoms with Gasteiger partial charge in [-0.25, -0.2) is 4.39 Å². The third kappa shape index (κ3) is 3.78. The van der Waals surface area contributed by atoms with Crippen molar-refractivity contribution >= 4 is 27.5 Å². The Labute approximate surface area is 81.7 Å². The molecule has 0 fully saturated rings. The van der Waals surface area contributed by atoms with E-state index in [0.29, 0.717) is 6.08 Å². The summed E-state index contributed by atoms with van der Waals surface area (Å²) >= 11 is 6.63. The standard InChI is InChI=1S/C6H6BrClF3O/c1-12-4-2-3-5(8,9)6(7,10)11/h2-3H,1,4H2. The van der Waals surface area contributed by atoms with Crippen molar-refractivity contribution in [3.63, 3.8) is 0 Å². The molecule has 0 heterocycles. The van der Waals surface area contributed by atoms with Crippen molar-refractivity contribution in [1.29, 1.82) is 0 Å². The zero-order valence-corrected chi connectivity index (χ0v) is 8.21. The molecule has 71 valence electrons. The van der Waals surface area contributed by atoms with Gasteiger partial charge in [0.1, 0.15) is 0 Å². The van der Waals surface area contributed by atoms with Crippen LogP contribution in [0.3, 0.4) is 0 Å². The zero-order chi connectivity index (χ0) is 9.83. The maximum Gasteiger partial charge on any atom is 0.352 e. The van der Waals surface area contributed by atoms with Gasteiger partial charge in [-0.3, -0.25) is 0 Å². The number of alkyl halides is 5. The third-order valence-corrected chi connectivity index (χ3v) is 2.09. The summed E-state index contributed by atoms with van der Waals surface area (Å²) in [5.41, 5.74) is 0. The minimum absolute atomic E-state index is 0.0819. The zero-order valence-electron chi connectivity index (χ0n) is 5.87. The van der Waals surface area contributed by atoms with E-state index < -0.39 is 9.96 Å². The Kier molecular flexibility index (Phi) is 4.58. The fourth-order valence-electron chi connectivity index (χ4n) is 0.359. The molecule has 12 heavy (non-hydrogen) atoms. The van der Waals surface area contributed by atoms with Gasteiger partial charge in [-0.05, 0) is 22.0 Å². The van der Waals surface area contributed by atoms with Gasteiger partial charge in [0.2, 0.25) is 0 Å². The van der Waals surface area contributed by atoms with Crippen molar-refractivity contribution in [2.24, 2.45) is 0 Å². The topological polar surface area (TPSA) is 9.23 Å². The Balaban J connectivity index is 4.22. The molecule has 0 saturated heterocycles. The minimum atomic E-state index is -3.81. The first kappa shape index (κ1) is 12.3. The monoisotopic (exact) mass is 265 g/mol. The number of hydrogen-bond donors (Lipinski definition) is 0. The maximum absolute atomic E-state index is 12.7. The number of rotatable bonds is 4. The molecule has 1 nitrogen and oxygen atoms in total. The predicted molar refractivity (Wildman–Crippen MR) is 44.0 cm³/mol. The summed E-state index contributed by atoms with van der Waals surface area (Å²) in [4.78, 5) is -3.81. The first-order valence-corrected chi connectivity index (χ1v) is 3.97. The van der Waals surface area contributed by atoms with Crippen molar-refractivity contribution in [3.8, 4) is 0 Å². The molecule has 0 aromatic carbocycles. The number of ether oxygens (including phenoxy) is 1. The smallest absolute Gasteiger partial charge is 0.352 e. The quantitative estimate of drug-likeness (QED) is 0.561. The lowest BCUT2D eigenvalue weighted by molar-refractivity contribution is 0.0215. The van der Waals surface area contributed by atoms with Gasteiger partial charge in [-0.1, -0.05) is 17.7 Å². The molecule has 0 aliphatic heterocycles. The summed E-state index contributed by atoms with van der Waals surface area (Å²) in [6.07, 6.45) is 1.50. The van der Waals surface area contributed by atoms with Gasteiger partial charge in [0, 0.05) is 0 Å². The summed E-state index contributed by atoms with van der Waals surface area (Å²) < 4.78 is 41.4. The normalized spacial score (nSPS) is 18.2. The second kappa shape index (κ2) is 4.48. The molecule has 0 amide bonds. The molecule has 1 unspecified atom stereocenters. The molecule has 0 bridgehead atoms. The molecule has 0 aromatic heterocycles. The van der Waals surface area contributed by atoms with Crippen molar-refractivity contribution in [2.75, 3.05) is 6.61 Å². The molecule has 1 radical (unpaired) electrons. The van der Waals surface area contributed by atoms with Crippen LogP contribution in [0.25, 0.3) is 0 Å². The van der Waals surface area contributed by atoms with Crippen LogP contribution in [0, 0.1) is 7.11 Å². The Morgan fingerprint density at radius 3 is 2.33 bits per heavy atom. The lowest BCUT2D eigenvalue weighted by atomic mass is 10.3. The molecule has 0 N–H and O–H groups in total. The molecule has 0 aromatic rings. The van der Waals surface area contributed by atoms with Crippen molar-refractivity contribution in [3.05, 3.63) is 19.3 Å². The first-order valence-electron chi connectivity index (χ1n) is 2.80. The fourth-order valence-corrected chi connectivity index (χ4v) is 0.580. The maximum atomic E-state index is 12.7. The largest absolute Gasteiger partial charge is 0.375 e. The summed E-state index contributed by atoms with van der Waals surface area (Å²) in [6.45, 7) is -0.0819. The van der Waals surface area contributed by atoms with Crippen LogP contribution in [-0.2, 0) is 4.74 Å². The van der Waals surface area contributed by atoms with E-state index in [-0.39, 0.29) is 6.61 Å². The van der Waals surface area contributed by atoms with Gasteiger partial charge >= 0.3 is 4.83 Å². The van der Waals surface area contributed by atoms with Crippen LogP contribution < -0.4 is 0 Å².